The highest BCUT2D eigenvalue weighted by molar-refractivity contribution is 4.76. The second-order valence-corrected chi connectivity index (χ2v) is 4.05. The molecule has 1 fully saturated rings. The SMILES string of the molecule is CCOCCC(N)C1CCCCC1. The zero-order chi connectivity index (χ0) is 9.52. The average Bonchev–Trinajstić information content (AvgIpc) is 2.19. The molecule has 0 amide bonds. The fourth-order valence-corrected chi connectivity index (χ4v) is 2.16. The number of rotatable bonds is 5. The van der Waals surface area contributed by atoms with Gasteiger partial charge in [-0.3, -0.25) is 0 Å². The van der Waals surface area contributed by atoms with E-state index < -0.39 is 0 Å². The van der Waals surface area contributed by atoms with Crippen molar-refractivity contribution < 1.29 is 4.74 Å². The first-order chi connectivity index (χ1) is 6.34. The molecule has 2 nitrogen and oxygen atoms in total. The summed E-state index contributed by atoms with van der Waals surface area (Å²) in [5, 5.41) is 0. The van der Waals surface area contributed by atoms with Gasteiger partial charge in [0.2, 0.25) is 0 Å². The molecule has 0 saturated heterocycles. The van der Waals surface area contributed by atoms with Gasteiger partial charge in [0, 0.05) is 19.3 Å². The highest BCUT2D eigenvalue weighted by Gasteiger charge is 2.19. The van der Waals surface area contributed by atoms with Crippen molar-refractivity contribution in [1.82, 2.24) is 0 Å². The summed E-state index contributed by atoms with van der Waals surface area (Å²) >= 11 is 0. The molecule has 2 heteroatoms. The molecule has 78 valence electrons. The maximum absolute atomic E-state index is 6.11. The smallest absolute Gasteiger partial charge is 0.0480 e. The van der Waals surface area contributed by atoms with Crippen molar-refractivity contribution in [3.8, 4) is 0 Å². The van der Waals surface area contributed by atoms with E-state index in [1.165, 1.54) is 32.1 Å². The molecule has 0 aliphatic heterocycles. The zero-order valence-electron chi connectivity index (χ0n) is 8.80. The predicted octanol–water partition coefficient (Wildman–Crippen LogP) is 2.32. The molecule has 13 heavy (non-hydrogen) atoms. The number of hydrogen-bond acceptors (Lipinski definition) is 2. The lowest BCUT2D eigenvalue weighted by Crippen LogP contribution is -2.32. The first kappa shape index (κ1) is 11.0. The van der Waals surface area contributed by atoms with Crippen LogP contribution >= 0.6 is 0 Å². The van der Waals surface area contributed by atoms with Crippen LogP contribution in [0.3, 0.4) is 0 Å². The van der Waals surface area contributed by atoms with Gasteiger partial charge in [-0.05, 0) is 32.1 Å². The number of nitrogens with two attached hydrogens (primary N) is 1. The Bertz CT molecular complexity index is 121. The third-order valence-corrected chi connectivity index (χ3v) is 3.05. The number of hydrogen-bond donors (Lipinski definition) is 1. The first-order valence-electron chi connectivity index (χ1n) is 5.68. The summed E-state index contributed by atoms with van der Waals surface area (Å²) in [5.74, 6) is 0.772. The second kappa shape index (κ2) is 6.39. The Morgan fingerprint density at radius 1 is 1.31 bits per heavy atom. The Hall–Kier alpha value is -0.0800. The van der Waals surface area contributed by atoms with Crippen molar-refractivity contribution in [2.24, 2.45) is 11.7 Å². The highest BCUT2D eigenvalue weighted by atomic mass is 16.5. The van der Waals surface area contributed by atoms with E-state index in [0.29, 0.717) is 6.04 Å². The number of ether oxygens (including phenoxy) is 1. The molecular weight excluding hydrogens is 162 g/mol. The van der Waals surface area contributed by atoms with Crippen LogP contribution in [0.25, 0.3) is 0 Å². The van der Waals surface area contributed by atoms with Crippen molar-refractivity contribution >= 4 is 0 Å². The quantitative estimate of drug-likeness (QED) is 0.667. The van der Waals surface area contributed by atoms with Crippen LogP contribution in [0.5, 0.6) is 0 Å². The van der Waals surface area contributed by atoms with E-state index in [-0.39, 0.29) is 0 Å². The minimum atomic E-state index is 0.381. The summed E-state index contributed by atoms with van der Waals surface area (Å²) < 4.78 is 5.31. The summed E-state index contributed by atoms with van der Waals surface area (Å²) in [6, 6.07) is 0.381. The minimum absolute atomic E-state index is 0.381. The Balaban J connectivity index is 2.09. The molecule has 0 heterocycles. The zero-order valence-corrected chi connectivity index (χ0v) is 8.80. The molecule has 1 unspecified atom stereocenters. The molecular formula is C11H23NO. The van der Waals surface area contributed by atoms with Crippen LogP contribution in [0, 0.1) is 5.92 Å². The van der Waals surface area contributed by atoms with Crippen LogP contribution in [0.1, 0.15) is 45.4 Å². The van der Waals surface area contributed by atoms with Gasteiger partial charge in [0.1, 0.15) is 0 Å². The first-order valence-corrected chi connectivity index (χ1v) is 5.68. The summed E-state index contributed by atoms with van der Waals surface area (Å²) in [6.07, 6.45) is 7.90. The van der Waals surface area contributed by atoms with Crippen LogP contribution in [-0.4, -0.2) is 19.3 Å². The molecule has 2 N–H and O–H groups in total. The predicted molar refractivity (Wildman–Crippen MR) is 55.7 cm³/mol. The van der Waals surface area contributed by atoms with Gasteiger partial charge in [-0.2, -0.15) is 0 Å². The molecule has 0 aromatic heterocycles. The van der Waals surface area contributed by atoms with E-state index in [4.69, 9.17) is 10.5 Å². The maximum atomic E-state index is 6.11. The van der Waals surface area contributed by atoms with E-state index in [9.17, 15) is 0 Å². The molecule has 1 atom stereocenters. The van der Waals surface area contributed by atoms with Gasteiger partial charge in [0.05, 0.1) is 0 Å². The molecule has 0 aromatic carbocycles. The molecule has 0 radical (unpaired) electrons. The topological polar surface area (TPSA) is 35.2 Å². The lowest BCUT2D eigenvalue weighted by molar-refractivity contribution is 0.130. The Kier molecular flexibility index (Phi) is 5.40. The van der Waals surface area contributed by atoms with Gasteiger partial charge in [-0.1, -0.05) is 19.3 Å². The van der Waals surface area contributed by atoms with E-state index >= 15 is 0 Å². The molecule has 1 aliphatic carbocycles. The van der Waals surface area contributed by atoms with Crippen molar-refractivity contribution in [3.05, 3.63) is 0 Å². The van der Waals surface area contributed by atoms with Gasteiger partial charge in [0.25, 0.3) is 0 Å². The van der Waals surface area contributed by atoms with Crippen molar-refractivity contribution in [1.29, 1.82) is 0 Å². The van der Waals surface area contributed by atoms with Gasteiger partial charge in [0.15, 0.2) is 0 Å². The lowest BCUT2D eigenvalue weighted by atomic mass is 9.83. The van der Waals surface area contributed by atoms with Crippen LogP contribution in [-0.2, 0) is 4.74 Å². The average molecular weight is 185 g/mol. The molecule has 1 saturated carbocycles. The van der Waals surface area contributed by atoms with E-state index in [1.807, 2.05) is 6.92 Å². The second-order valence-electron chi connectivity index (χ2n) is 4.05. The molecule has 1 aliphatic rings. The van der Waals surface area contributed by atoms with Crippen LogP contribution in [0.2, 0.25) is 0 Å². The Morgan fingerprint density at radius 2 is 2.00 bits per heavy atom. The third-order valence-electron chi connectivity index (χ3n) is 3.05. The van der Waals surface area contributed by atoms with E-state index in [2.05, 4.69) is 0 Å². The summed E-state index contributed by atoms with van der Waals surface area (Å²) in [6.45, 7) is 3.69. The van der Waals surface area contributed by atoms with Crippen molar-refractivity contribution in [2.75, 3.05) is 13.2 Å². The Labute approximate surface area is 81.8 Å². The monoisotopic (exact) mass is 185 g/mol. The minimum Gasteiger partial charge on any atom is -0.382 e. The lowest BCUT2D eigenvalue weighted by Gasteiger charge is -2.27. The van der Waals surface area contributed by atoms with Gasteiger partial charge in [-0.15, -0.1) is 0 Å². The van der Waals surface area contributed by atoms with Crippen molar-refractivity contribution in [2.45, 2.75) is 51.5 Å². The Morgan fingerprint density at radius 3 is 2.62 bits per heavy atom. The van der Waals surface area contributed by atoms with Gasteiger partial charge >= 0.3 is 0 Å². The third kappa shape index (κ3) is 4.10. The van der Waals surface area contributed by atoms with Gasteiger partial charge in [-0.25, -0.2) is 0 Å². The van der Waals surface area contributed by atoms with E-state index in [1.54, 1.807) is 0 Å². The molecule has 0 spiro atoms. The molecule has 0 aromatic rings. The van der Waals surface area contributed by atoms with Gasteiger partial charge < -0.3 is 10.5 Å². The molecule has 0 bridgehead atoms. The van der Waals surface area contributed by atoms with Crippen LogP contribution in [0.15, 0.2) is 0 Å². The summed E-state index contributed by atoms with van der Waals surface area (Å²) in [7, 11) is 0. The fourth-order valence-electron chi connectivity index (χ4n) is 2.16. The van der Waals surface area contributed by atoms with Crippen LogP contribution in [0.4, 0.5) is 0 Å². The van der Waals surface area contributed by atoms with E-state index in [0.717, 1.165) is 25.6 Å². The van der Waals surface area contributed by atoms with Crippen LogP contribution < -0.4 is 5.73 Å². The maximum Gasteiger partial charge on any atom is 0.0480 e. The largest absolute Gasteiger partial charge is 0.382 e. The summed E-state index contributed by atoms with van der Waals surface area (Å²) in [5.41, 5.74) is 6.11. The fraction of sp³-hybridized carbons (Fsp3) is 1.00. The van der Waals surface area contributed by atoms with Crippen molar-refractivity contribution in [3.63, 3.8) is 0 Å². The molecule has 1 rings (SSSR count). The summed E-state index contributed by atoms with van der Waals surface area (Å²) in [4.78, 5) is 0. The standard InChI is InChI=1S/C11H23NO/c1-2-13-9-8-11(12)10-6-4-3-5-7-10/h10-11H,2-9,12H2,1H3. The highest BCUT2D eigenvalue weighted by Crippen LogP contribution is 2.26. The normalized spacial score (nSPS) is 21.7.